The van der Waals surface area contributed by atoms with Gasteiger partial charge in [-0.15, -0.1) is 5.10 Å². The number of carbonyl (C=O) groups excluding carboxylic acids is 1. The summed E-state index contributed by atoms with van der Waals surface area (Å²) < 4.78 is 18.1. The van der Waals surface area contributed by atoms with Gasteiger partial charge in [-0.3, -0.25) is 14.8 Å². The first-order chi connectivity index (χ1) is 12.6. The summed E-state index contributed by atoms with van der Waals surface area (Å²) in [6, 6.07) is 6.66. The molecule has 0 unspecified atom stereocenters. The van der Waals surface area contributed by atoms with Gasteiger partial charge in [0.1, 0.15) is 5.69 Å². The quantitative estimate of drug-likeness (QED) is 0.693. The van der Waals surface area contributed by atoms with E-state index in [1.807, 2.05) is 13.8 Å². The van der Waals surface area contributed by atoms with Gasteiger partial charge < -0.3 is 13.9 Å². The van der Waals surface area contributed by atoms with Gasteiger partial charge in [0.05, 0.1) is 13.2 Å². The monoisotopic (exact) mass is 357 g/mol. The molecular weight excluding hydrogens is 338 g/mol. The highest BCUT2D eigenvalue weighted by Gasteiger charge is 2.16. The molecule has 1 N–H and O–H groups in total. The summed E-state index contributed by atoms with van der Waals surface area (Å²) in [4.78, 5) is 12.4. The summed E-state index contributed by atoms with van der Waals surface area (Å²) in [6.45, 7) is 4.71. The van der Waals surface area contributed by atoms with Gasteiger partial charge in [-0.25, -0.2) is 0 Å². The molecule has 9 heteroatoms. The van der Waals surface area contributed by atoms with E-state index in [1.54, 1.807) is 42.2 Å². The number of carbonyl (C=O) groups is 1. The number of aryl methyl sites for hydroxylation is 1. The number of benzene rings is 1. The van der Waals surface area contributed by atoms with Crippen LogP contribution in [0, 0.1) is 0 Å². The summed E-state index contributed by atoms with van der Waals surface area (Å²) in [5.74, 6) is 0.913. The number of anilines is 1. The fourth-order valence-electron chi connectivity index (χ4n) is 2.27. The molecule has 0 aliphatic rings. The van der Waals surface area contributed by atoms with Crippen LogP contribution in [0.5, 0.6) is 11.5 Å². The fourth-order valence-corrected chi connectivity index (χ4v) is 2.27. The van der Waals surface area contributed by atoms with Crippen molar-refractivity contribution >= 4 is 11.9 Å². The molecule has 3 aromatic rings. The molecule has 0 atom stereocenters. The van der Waals surface area contributed by atoms with E-state index >= 15 is 0 Å². The molecule has 0 aliphatic carbocycles. The molecular formula is C17H19N5O4. The number of nitrogens with zero attached hydrogens (tertiary/aromatic N) is 4. The van der Waals surface area contributed by atoms with Gasteiger partial charge in [0.2, 0.25) is 0 Å². The van der Waals surface area contributed by atoms with Crippen LogP contribution in [0.15, 0.2) is 34.9 Å². The maximum Gasteiger partial charge on any atom is 0.322 e. The molecule has 9 nitrogen and oxygen atoms in total. The second-order valence-electron chi connectivity index (χ2n) is 5.27. The van der Waals surface area contributed by atoms with E-state index in [9.17, 15) is 4.79 Å². The highest BCUT2D eigenvalue weighted by atomic mass is 16.5. The first-order valence-corrected chi connectivity index (χ1v) is 8.15. The first kappa shape index (κ1) is 17.5. The van der Waals surface area contributed by atoms with Crippen LogP contribution in [0.25, 0.3) is 11.6 Å². The Morgan fingerprint density at radius 3 is 2.62 bits per heavy atom. The van der Waals surface area contributed by atoms with Crippen LogP contribution in [0.2, 0.25) is 0 Å². The van der Waals surface area contributed by atoms with Gasteiger partial charge in [0.25, 0.3) is 11.8 Å². The number of hydrogen-bond donors (Lipinski definition) is 1. The molecule has 3 rings (SSSR count). The Morgan fingerprint density at radius 2 is 1.92 bits per heavy atom. The van der Waals surface area contributed by atoms with Crippen molar-refractivity contribution in [1.82, 2.24) is 20.0 Å². The summed E-state index contributed by atoms with van der Waals surface area (Å²) >= 11 is 0. The fraction of sp³-hybridized carbons (Fsp3) is 0.294. The maximum atomic E-state index is 12.4. The lowest BCUT2D eigenvalue weighted by Crippen LogP contribution is -2.12. The Labute approximate surface area is 149 Å². The van der Waals surface area contributed by atoms with Crippen molar-refractivity contribution < 1.29 is 18.7 Å². The number of aromatic nitrogens is 4. The Hall–Kier alpha value is -3.36. The van der Waals surface area contributed by atoms with Gasteiger partial charge in [-0.1, -0.05) is 5.10 Å². The van der Waals surface area contributed by atoms with Crippen molar-refractivity contribution in [3.8, 4) is 23.1 Å². The second kappa shape index (κ2) is 7.68. The van der Waals surface area contributed by atoms with Crippen molar-refractivity contribution in [2.45, 2.75) is 13.8 Å². The minimum absolute atomic E-state index is 0.0116. The van der Waals surface area contributed by atoms with E-state index in [2.05, 4.69) is 20.6 Å². The molecule has 0 spiro atoms. The molecule has 1 aromatic carbocycles. The van der Waals surface area contributed by atoms with Gasteiger partial charge in [0.15, 0.2) is 11.5 Å². The third-order valence-corrected chi connectivity index (χ3v) is 3.38. The standard InChI is InChI=1S/C17H19N5O4/c1-4-24-13-7-6-11(10-14(13)25-5-2)15(23)18-17-20-19-16(26-17)12-8-9-22(3)21-12/h6-10H,4-5H2,1-3H3,(H,18,20,23). The first-order valence-electron chi connectivity index (χ1n) is 8.15. The zero-order chi connectivity index (χ0) is 18.5. The number of nitrogens with one attached hydrogen (secondary N) is 1. The molecule has 0 saturated heterocycles. The molecule has 136 valence electrons. The topological polar surface area (TPSA) is 104 Å². The van der Waals surface area contributed by atoms with E-state index in [1.165, 1.54) is 0 Å². The molecule has 26 heavy (non-hydrogen) atoms. The Bertz CT molecular complexity index is 902. The van der Waals surface area contributed by atoms with Crippen LogP contribution in [0.4, 0.5) is 6.01 Å². The van der Waals surface area contributed by atoms with E-state index in [0.29, 0.717) is 36.0 Å². The Morgan fingerprint density at radius 1 is 1.15 bits per heavy atom. The largest absolute Gasteiger partial charge is 0.490 e. The maximum absolute atomic E-state index is 12.4. The van der Waals surface area contributed by atoms with E-state index in [0.717, 1.165) is 0 Å². The second-order valence-corrected chi connectivity index (χ2v) is 5.27. The van der Waals surface area contributed by atoms with Crippen molar-refractivity contribution in [2.24, 2.45) is 7.05 Å². The number of rotatable bonds is 7. The lowest BCUT2D eigenvalue weighted by molar-refractivity contribution is 0.102. The van der Waals surface area contributed by atoms with Crippen LogP contribution in [-0.4, -0.2) is 39.1 Å². The molecule has 2 aromatic heterocycles. The Kier molecular flexibility index (Phi) is 5.16. The lowest BCUT2D eigenvalue weighted by atomic mass is 10.2. The van der Waals surface area contributed by atoms with Crippen LogP contribution in [0.3, 0.4) is 0 Å². The van der Waals surface area contributed by atoms with Crippen molar-refractivity contribution in [2.75, 3.05) is 18.5 Å². The minimum Gasteiger partial charge on any atom is -0.490 e. The van der Waals surface area contributed by atoms with Gasteiger partial charge >= 0.3 is 6.01 Å². The summed E-state index contributed by atoms with van der Waals surface area (Å²) in [6.07, 6.45) is 1.76. The molecule has 1 amide bonds. The van der Waals surface area contributed by atoms with E-state index in [-0.39, 0.29) is 11.9 Å². The molecule has 2 heterocycles. The number of amides is 1. The molecule has 0 fully saturated rings. The molecule has 0 saturated carbocycles. The van der Waals surface area contributed by atoms with Crippen LogP contribution < -0.4 is 14.8 Å². The Balaban J connectivity index is 1.75. The molecule has 0 aliphatic heterocycles. The van der Waals surface area contributed by atoms with Crippen molar-refractivity contribution in [3.63, 3.8) is 0 Å². The molecule has 0 radical (unpaired) electrons. The number of hydrogen-bond acceptors (Lipinski definition) is 7. The predicted molar refractivity (Wildman–Crippen MR) is 93.2 cm³/mol. The van der Waals surface area contributed by atoms with Crippen LogP contribution in [0.1, 0.15) is 24.2 Å². The van der Waals surface area contributed by atoms with Crippen LogP contribution in [-0.2, 0) is 7.05 Å². The molecule has 0 bridgehead atoms. The normalized spacial score (nSPS) is 10.6. The zero-order valence-corrected chi connectivity index (χ0v) is 14.7. The van der Waals surface area contributed by atoms with E-state index in [4.69, 9.17) is 13.9 Å². The van der Waals surface area contributed by atoms with Crippen molar-refractivity contribution in [1.29, 1.82) is 0 Å². The average molecular weight is 357 g/mol. The lowest BCUT2D eigenvalue weighted by Gasteiger charge is -2.11. The number of ether oxygens (including phenoxy) is 2. The van der Waals surface area contributed by atoms with Crippen LogP contribution >= 0.6 is 0 Å². The summed E-state index contributed by atoms with van der Waals surface area (Å²) in [7, 11) is 1.78. The summed E-state index contributed by atoms with van der Waals surface area (Å²) in [5.41, 5.74) is 0.912. The van der Waals surface area contributed by atoms with E-state index < -0.39 is 5.91 Å². The smallest absolute Gasteiger partial charge is 0.322 e. The predicted octanol–water partition coefficient (Wildman–Crippen LogP) is 2.52. The highest BCUT2D eigenvalue weighted by molar-refractivity contribution is 6.03. The summed E-state index contributed by atoms with van der Waals surface area (Å²) in [5, 5.41) is 14.4. The zero-order valence-electron chi connectivity index (χ0n) is 14.7. The van der Waals surface area contributed by atoms with Crippen molar-refractivity contribution in [3.05, 3.63) is 36.0 Å². The third-order valence-electron chi connectivity index (χ3n) is 3.38. The SMILES string of the molecule is CCOc1ccc(C(=O)Nc2nnc(-c3ccn(C)n3)o2)cc1OCC. The minimum atomic E-state index is -0.398. The average Bonchev–Trinajstić information content (AvgIpc) is 3.25. The van der Waals surface area contributed by atoms with Gasteiger partial charge in [0, 0.05) is 18.8 Å². The highest BCUT2D eigenvalue weighted by Crippen LogP contribution is 2.29. The third kappa shape index (κ3) is 3.82. The van der Waals surface area contributed by atoms with Gasteiger partial charge in [-0.2, -0.15) is 5.10 Å². The van der Waals surface area contributed by atoms with Gasteiger partial charge in [-0.05, 0) is 38.1 Å².